The van der Waals surface area contributed by atoms with Crippen LogP contribution in [0.3, 0.4) is 0 Å². The number of nitrogens with zero attached hydrogens (tertiary/aromatic N) is 4. The molecule has 6 rings (SSSR count). The summed E-state index contributed by atoms with van der Waals surface area (Å²) in [6.45, 7) is 9.79. The number of carbonyl (C=O) groups is 1. The summed E-state index contributed by atoms with van der Waals surface area (Å²) < 4.78 is 30.8. The number of amides is 1. The first-order valence-electron chi connectivity index (χ1n) is 15.5. The Labute approximate surface area is 258 Å². The van der Waals surface area contributed by atoms with Crippen LogP contribution in [-0.4, -0.2) is 98.5 Å². The molecule has 2 saturated heterocycles. The Hall–Kier alpha value is -3.57. The summed E-state index contributed by atoms with van der Waals surface area (Å²) in [6.07, 6.45) is 2.33. The van der Waals surface area contributed by atoms with E-state index in [2.05, 4.69) is 33.9 Å². The molecule has 0 bridgehead atoms. The zero-order chi connectivity index (χ0) is 30.6. The van der Waals surface area contributed by atoms with E-state index in [1.54, 1.807) is 25.4 Å². The molecule has 2 aromatic carbocycles. The average Bonchev–Trinajstić information content (AvgIpc) is 3.04. The number of rotatable bonds is 8. The van der Waals surface area contributed by atoms with Crippen LogP contribution in [0.25, 0.3) is 0 Å². The molecule has 0 radical (unpaired) electrons. The number of fused-ring (bicyclic) bond motifs is 1. The number of carbonyl (C=O) groups excluding carboxylic acids is 1. The van der Waals surface area contributed by atoms with Gasteiger partial charge in [-0.25, -0.2) is 9.37 Å². The van der Waals surface area contributed by atoms with E-state index >= 15 is 0 Å². The van der Waals surface area contributed by atoms with Crippen LogP contribution >= 0.6 is 0 Å². The molecule has 0 saturated carbocycles. The number of piperazine rings is 1. The van der Waals surface area contributed by atoms with Crippen molar-refractivity contribution in [1.82, 2.24) is 20.1 Å². The second-order valence-electron chi connectivity index (χ2n) is 12.1. The van der Waals surface area contributed by atoms with Crippen molar-refractivity contribution < 1.29 is 23.4 Å². The lowest BCUT2D eigenvalue weighted by Gasteiger charge is -2.44. The summed E-state index contributed by atoms with van der Waals surface area (Å²) in [5.41, 5.74) is 3.50. The molecule has 1 amide bonds. The number of nitrogens with one attached hydrogen (secondary N) is 1. The molecule has 0 aliphatic carbocycles. The van der Waals surface area contributed by atoms with Crippen molar-refractivity contribution in [2.45, 2.75) is 44.4 Å². The van der Waals surface area contributed by atoms with Crippen molar-refractivity contribution in [3.63, 3.8) is 0 Å². The Kier molecular flexibility index (Phi) is 9.42. The normalized spacial score (nSPS) is 24.4. The fourth-order valence-electron chi connectivity index (χ4n) is 6.44. The van der Waals surface area contributed by atoms with Gasteiger partial charge in [-0.1, -0.05) is 24.3 Å². The lowest BCUT2D eigenvalue weighted by molar-refractivity contribution is -0.122. The van der Waals surface area contributed by atoms with Crippen molar-refractivity contribution in [2.24, 2.45) is 0 Å². The van der Waals surface area contributed by atoms with Gasteiger partial charge in [0.15, 0.2) is 0 Å². The predicted octanol–water partition coefficient (Wildman–Crippen LogP) is 3.67. The fourth-order valence-corrected chi connectivity index (χ4v) is 6.44. The molecule has 3 aliphatic heterocycles. The van der Waals surface area contributed by atoms with Crippen LogP contribution in [0.5, 0.6) is 11.6 Å². The Morgan fingerprint density at radius 2 is 1.86 bits per heavy atom. The summed E-state index contributed by atoms with van der Waals surface area (Å²) >= 11 is 0. The largest absolute Gasteiger partial charge is 0.497 e. The maximum absolute atomic E-state index is 14.5. The second-order valence-corrected chi connectivity index (χ2v) is 12.1. The van der Waals surface area contributed by atoms with Gasteiger partial charge in [0, 0.05) is 50.5 Å². The minimum atomic E-state index is -0.332. The number of hydrogen-bond acceptors (Lipinski definition) is 8. The maximum Gasteiger partial charge on any atom is 0.242 e. The van der Waals surface area contributed by atoms with Gasteiger partial charge in [0.25, 0.3) is 0 Å². The van der Waals surface area contributed by atoms with E-state index in [-0.39, 0.29) is 36.4 Å². The molecule has 1 N–H and O–H groups in total. The third-order valence-electron chi connectivity index (χ3n) is 8.94. The van der Waals surface area contributed by atoms with Crippen LogP contribution in [0.2, 0.25) is 0 Å². The molecule has 1 unspecified atom stereocenters. The van der Waals surface area contributed by atoms with Crippen LogP contribution in [0.1, 0.15) is 36.6 Å². The molecule has 3 aliphatic rings. The number of aromatic nitrogens is 1. The highest BCUT2D eigenvalue weighted by Crippen LogP contribution is 2.39. The van der Waals surface area contributed by atoms with Gasteiger partial charge in [0.2, 0.25) is 11.8 Å². The SMILES string of the molecule is COc1ccc(C2COc3ncc(Cc4ccc(F)cc4)cc3N2C(=O)CN2C[C@@H](C)NC[C@@H]2CN2CCOC[C@H]2C)cc1. The summed E-state index contributed by atoms with van der Waals surface area (Å²) in [5.74, 6) is 0.930. The first kappa shape index (κ1) is 30.5. The van der Waals surface area contributed by atoms with Crippen LogP contribution in [0, 0.1) is 5.82 Å². The van der Waals surface area contributed by atoms with E-state index in [4.69, 9.17) is 14.2 Å². The third kappa shape index (κ3) is 6.89. The number of benzene rings is 2. The van der Waals surface area contributed by atoms with E-state index in [1.807, 2.05) is 35.2 Å². The van der Waals surface area contributed by atoms with Gasteiger partial charge in [0.05, 0.1) is 32.9 Å². The number of pyridine rings is 1. The quantitative estimate of drug-likeness (QED) is 0.418. The van der Waals surface area contributed by atoms with Gasteiger partial charge in [-0.2, -0.15) is 0 Å². The fraction of sp³-hybridized carbons (Fsp3) is 0.471. The maximum atomic E-state index is 14.5. The van der Waals surface area contributed by atoms with Gasteiger partial charge < -0.3 is 19.5 Å². The number of anilines is 1. The Morgan fingerprint density at radius 3 is 2.61 bits per heavy atom. The molecule has 3 aromatic rings. The molecule has 2 fully saturated rings. The Morgan fingerprint density at radius 1 is 1.07 bits per heavy atom. The van der Waals surface area contributed by atoms with E-state index < -0.39 is 0 Å². The monoisotopic (exact) mass is 603 g/mol. The summed E-state index contributed by atoms with van der Waals surface area (Å²) in [6, 6.07) is 16.7. The average molecular weight is 604 g/mol. The van der Waals surface area contributed by atoms with Crippen LogP contribution < -0.4 is 19.7 Å². The number of methoxy groups -OCH3 is 1. The van der Waals surface area contributed by atoms with E-state index in [0.29, 0.717) is 30.6 Å². The van der Waals surface area contributed by atoms with Gasteiger partial charge >= 0.3 is 0 Å². The molecule has 4 atom stereocenters. The third-order valence-corrected chi connectivity index (χ3v) is 8.94. The number of halogens is 1. The zero-order valence-electron chi connectivity index (χ0n) is 25.7. The van der Waals surface area contributed by atoms with E-state index in [0.717, 1.165) is 61.8 Å². The van der Waals surface area contributed by atoms with Crippen molar-refractivity contribution in [2.75, 3.05) is 64.6 Å². The molecule has 9 nitrogen and oxygen atoms in total. The highest BCUT2D eigenvalue weighted by atomic mass is 19.1. The molecule has 234 valence electrons. The molecule has 4 heterocycles. The molecular weight excluding hydrogens is 561 g/mol. The van der Waals surface area contributed by atoms with Crippen molar-refractivity contribution in [3.8, 4) is 11.6 Å². The minimum absolute atomic E-state index is 0.00484. The van der Waals surface area contributed by atoms with Crippen molar-refractivity contribution >= 4 is 11.6 Å². The van der Waals surface area contributed by atoms with Crippen molar-refractivity contribution in [1.29, 1.82) is 0 Å². The first-order valence-corrected chi connectivity index (χ1v) is 15.5. The Bertz CT molecular complexity index is 1420. The molecule has 44 heavy (non-hydrogen) atoms. The predicted molar refractivity (Wildman–Crippen MR) is 167 cm³/mol. The number of morpholine rings is 1. The zero-order valence-corrected chi connectivity index (χ0v) is 25.7. The Balaban J connectivity index is 1.30. The van der Waals surface area contributed by atoms with Gasteiger partial charge in [-0.3, -0.25) is 19.5 Å². The molecule has 10 heteroatoms. The number of hydrogen-bond donors (Lipinski definition) is 1. The van der Waals surface area contributed by atoms with E-state index in [1.165, 1.54) is 12.1 Å². The highest BCUT2D eigenvalue weighted by molar-refractivity contribution is 5.97. The standard InChI is InChI=1S/C34H42FN5O4/c1-23-18-39(29(17-36-23)19-38-12-13-43-21-24(38)2)20-33(41)40-31-15-26(14-25-4-8-28(35)9-5-25)16-37-34(31)44-22-32(40)27-6-10-30(42-3)11-7-27/h4-11,15-16,23-24,29,32,36H,12-14,17-22H2,1-3H3/t23-,24-,29-,32?/m1/s1. The molecular formula is C34H42FN5O4. The van der Waals surface area contributed by atoms with Gasteiger partial charge in [0.1, 0.15) is 23.9 Å². The summed E-state index contributed by atoms with van der Waals surface area (Å²) in [5, 5.41) is 3.62. The van der Waals surface area contributed by atoms with Crippen molar-refractivity contribution in [3.05, 3.63) is 83.3 Å². The van der Waals surface area contributed by atoms with Gasteiger partial charge in [-0.15, -0.1) is 0 Å². The molecule has 1 aromatic heterocycles. The minimum Gasteiger partial charge on any atom is -0.497 e. The van der Waals surface area contributed by atoms with Crippen LogP contribution in [0.15, 0.2) is 60.8 Å². The highest BCUT2D eigenvalue weighted by Gasteiger charge is 2.38. The lowest BCUT2D eigenvalue weighted by atomic mass is 10.0. The second kappa shape index (κ2) is 13.6. The number of ether oxygens (including phenoxy) is 3. The smallest absolute Gasteiger partial charge is 0.242 e. The summed E-state index contributed by atoms with van der Waals surface area (Å²) in [4.78, 5) is 25.8. The van der Waals surface area contributed by atoms with Gasteiger partial charge in [-0.05, 0) is 67.3 Å². The lowest BCUT2D eigenvalue weighted by Crippen LogP contribution is -2.62. The molecule has 0 spiro atoms. The van der Waals surface area contributed by atoms with Crippen LogP contribution in [-0.2, 0) is 16.0 Å². The topological polar surface area (TPSA) is 79.4 Å². The van der Waals surface area contributed by atoms with E-state index in [9.17, 15) is 9.18 Å². The summed E-state index contributed by atoms with van der Waals surface area (Å²) in [7, 11) is 1.64. The first-order chi connectivity index (χ1) is 21.4. The van der Waals surface area contributed by atoms with Crippen LogP contribution in [0.4, 0.5) is 10.1 Å².